The van der Waals surface area contributed by atoms with Crippen LogP contribution in [0.3, 0.4) is 0 Å². The Morgan fingerprint density at radius 3 is 2.94 bits per heavy atom. The Kier molecular flexibility index (Phi) is 6.55. The zero-order chi connectivity index (χ0) is 11.6. The Bertz CT molecular complexity index is 321. The molecule has 86 valence electrons. The quantitative estimate of drug-likeness (QED) is 0.684. The van der Waals surface area contributed by atoms with Crippen LogP contribution < -0.4 is 0 Å². The molecule has 0 aromatic carbocycles. The molecule has 1 heterocycles. The van der Waals surface area contributed by atoms with E-state index in [1.807, 2.05) is 18.3 Å². The monoisotopic (exact) mass is 237 g/mol. The number of pyridine rings is 1. The molecule has 0 saturated heterocycles. The van der Waals surface area contributed by atoms with Crippen LogP contribution in [0.4, 0.5) is 0 Å². The molecule has 0 aliphatic heterocycles. The van der Waals surface area contributed by atoms with Crippen LogP contribution in [0.1, 0.15) is 18.4 Å². The van der Waals surface area contributed by atoms with Crippen LogP contribution in [0.25, 0.3) is 0 Å². The lowest BCUT2D eigenvalue weighted by Crippen LogP contribution is -2.25. The molecule has 0 N–H and O–H groups in total. The van der Waals surface area contributed by atoms with E-state index >= 15 is 0 Å². The SMILES string of the molecule is N#CCCN(CCCCl)Cc1cccnc1. The molecule has 1 rings (SSSR count). The van der Waals surface area contributed by atoms with E-state index in [0.717, 1.165) is 26.1 Å². The van der Waals surface area contributed by atoms with Crippen molar-refractivity contribution in [2.45, 2.75) is 19.4 Å². The third-order valence-electron chi connectivity index (χ3n) is 2.28. The molecule has 1 aromatic heterocycles. The summed E-state index contributed by atoms with van der Waals surface area (Å²) in [5, 5.41) is 8.59. The van der Waals surface area contributed by atoms with Gasteiger partial charge in [-0.25, -0.2) is 0 Å². The first kappa shape index (κ1) is 13.0. The molecular formula is C12H16ClN3. The molecule has 0 saturated carbocycles. The minimum Gasteiger partial charge on any atom is -0.298 e. The first-order valence-electron chi connectivity index (χ1n) is 5.41. The third kappa shape index (κ3) is 5.11. The van der Waals surface area contributed by atoms with Crippen LogP contribution in [0, 0.1) is 11.3 Å². The van der Waals surface area contributed by atoms with Gasteiger partial charge in [0.05, 0.1) is 6.07 Å². The Balaban J connectivity index is 2.46. The van der Waals surface area contributed by atoms with Crippen molar-refractivity contribution in [3.05, 3.63) is 30.1 Å². The molecule has 0 fully saturated rings. The van der Waals surface area contributed by atoms with Crippen molar-refractivity contribution >= 4 is 11.6 Å². The highest BCUT2D eigenvalue weighted by atomic mass is 35.5. The summed E-state index contributed by atoms with van der Waals surface area (Å²) in [6, 6.07) is 6.15. The largest absolute Gasteiger partial charge is 0.298 e. The van der Waals surface area contributed by atoms with Crippen LogP contribution in [-0.4, -0.2) is 28.9 Å². The number of aromatic nitrogens is 1. The van der Waals surface area contributed by atoms with Crippen LogP contribution >= 0.6 is 11.6 Å². The van der Waals surface area contributed by atoms with Gasteiger partial charge in [0.1, 0.15) is 0 Å². The molecular weight excluding hydrogens is 222 g/mol. The zero-order valence-electron chi connectivity index (χ0n) is 9.27. The lowest BCUT2D eigenvalue weighted by atomic mass is 10.2. The summed E-state index contributed by atoms with van der Waals surface area (Å²) in [4.78, 5) is 6.32. The van der Waals surface area contributed by atoms with Crippen LogP contribution in [0.5, 0.6) is 0 Å². The van der Waals surface area contributed by atoms with E-state index in [9.17, 15) is 0 Å². The molecule has 0 atom stereocenters. The predicted molar refractivity (Wildman–Crippen MR) is 65.1 cm³/mol. The maximum absolute atomic E-state index is 8.59. The highest BCUT2D eigenvalue weighted by molar-refractivity contribution is 6.17. The first-order valence-corrected chi connectivity index (χ1v) is 5.94. The summed E-state index contributed by atoms with van der Waals surface area (Å²) in [6.45, 7) is 2.56. The van der Waals surface area contributed by atoms with Gasteiger partial charge in [0.25, 0.3) is 0 Å². The fraction of sp³-hybridized carbons (Fsp3) is 0.500. The Morgan fingerprint density at radius 1 is 1.44 bits per heavy atom. The minimum absolute atomic E-state index is 0.558. The molecule has 0 radical (unpaired) electrons. The fourth-order valence-corrected chi connectivity index (χ4v) is 1.63. The zero-order valence-corrected chi connectivity index (χ0v) is 10.0. The standard InChI is InChI=1S/C12H16ClN3/c13-5-2-8-16(9-3-6-14)11-12-4-1-7-15-10-12/h1,4,7,10H,2-3,5,8-9,11H2. The van der Waals surface area contributed by atoms with Crippen LogP contribution in [-0.2, 0) is 6.54 Å². The van der Waals surface area contributed by atoms with Gasteiger partial charge in [0.2, 0.25) is 0 Å². The molecule has 0 bridgehead atoms. The van der Waals surface area contributed by atoms with Gasteiger partial charge in [0, 0.05) is 37.8 Å². The van der Waals surface area contributed by atoms with Gasteiger partial charge in [-0.15, -0.1) is 11.6 Å². The van der Waals surface area contributed by atoms with E-state index in [1.165, 1.54) is 5.56 Å². The summed E-state index contributed by atoms with van der Waals surface area (Å²) >= 11 is 5.68. The molecule has 0 aliphatic rings. The van der Waals surface area contributed by atoms with Crippen molar-refractivity contribution in [2.75, 3.05) is 19.0 Å². The molecule has 3 nitrogen and oxygen atoms in total. The van der Waals surface area contributed by atoms with Crippen LogP contribution in [0.15, 0.2) is 24.5 Å². The van der Waals surface area contributed by atoms with E-state index in [-0.39, 0.29) is 0 Å². The molecule has 4 heteroatoms. The summed E-state index contributed by atoms with van der Waals surface area (Å²) in [5.74, 6) is 0.663. The second-order valence-electron chi connectivity index (χ2n) is 3.59. The van der Waals surface area contributed by atoms with Crippen LogP contribution in [0.2, 0.25) is 0 Å². The number of halogens is 1. The molecule has 0 unspecified atom stereocenters. The van der Waals surface area contributed by atoms with Gasteiger partial charge in [-0.05, 0) is 24.6 Å². The van der Waals surface area contributed by atoms with E-state index in [1.54, 1.807) is 6.20 Å². The highest BCUT2D eigenvalue weighted by Gasteiger charge is 2.05. The van der Waals surface area contributed by atoms with Crippen molar-refractivity contribution in [3.63, 3.8) is 0 Å². The lowest BCUT2D eigenvalue weighted by Gasteiger charge is -2.20. The second-order valence-corrected chi connectivity index (χ2v) is 3.97. The number of alkyl halides is 1. The van der Waals surface area contributed by atoms with E-state index in [4.69, 9.17) is 16.9 Å². The molecule has 0 spiro atoms. The molecule has 16 heavy (non-hydrogen) atoms. The van der Waals surface area contributed by atoms with Gasteiger partial charge < -0.3 is 0 Å². The van der Waals surface area contributed by atoms with Gasteiger partial charge in [0.15, 0.2) is 0 Å². The maximum Gasteiger partial charge on any atom is 0.0635 e. The maximum atomic E-state index is 8.59. The molecule has 1 aromatic rings. The number of rotatable bonds is 7. The summed E-state index contributed by atoms with van der Waals surface area (Å²) in [7, 11) is 0. The molecule has 0 aliphatic carbocycles. The Hall–Kier alpha value is -1.11. The first-order chi connectivity index (χ1) is 7.86. The van der Waals surface area contributed by atoms with Gasteiger partial charge in [-0.2, -0.15) is 5.26 Å². The third-order valence-corrected chi connectivity index (χ3v) is 2.54. The average Bonchev–Trinajstić information content (AvgIpc) is 2.34. The number of nitriles is 1. The fourth-order valence-electron chi connectivity index (χ4n) is 1.51. The average molecular weight is 238 g/mol. The van der Waals surface area contributed by atoms with E-state index in [2.05, 4.69) is 16.0 Å². The van der Waals surface area contributed by atoms with Crippen molar-refractivity contribution in [1.82, 2.24) is 9.88 Å². The van der Waals surface area contributed by atoms with Gasteiger partial charge in [-0.3, -0.25) is 9.88 Å². The lowest BCUT2D eigenvalue weighted by molar-refractivity contribution is 0.272. The Morgan fingerprint density at radius 2 is 2.31 bits per heavy atom. The normalized spacial score (nSPS) is 10.3. The van der Waals surface area contributed by atoms with Crippen molar-refractivity contribution in [1.29, 1.82) is 5.26 Å². The van der Waals surface area contributed by atoms with E-state index in [0.29, 0.717) is 12.3 Å². The summed E-state index contributed by atoms with van der Waals surface area (Å²) in [6.07, 6.45) is 5.14. The van der Waals surface area contributed by atoms with Gasteiger partial charge in [-0.1, -0.05) is 6.07 Å². The predicted octanol–water partition coefficient (Wildman–Crippen LogP) is 2.43. The van der Waals surface area contributed by atoms with Crippen molar-refractivity contribution < 1.29 is 0 Å². The topological polar surface area (TPSA) is 39.9 Å². The number of nitrogens with zero attached hydrogens (tertiary/aromatic N) is 3. The minimum atomic E-state index is 0.558. The molecule has 0 amide bonds. The highest BCUT2D eigenvalue weighted by Crippen LogP contribution is 2.04. The smallest absolute Gasteiger partial charge is 0.0635 e. The van der Waals surface area contributed by atoms with Crippen molar-refractivity contribution in [3.8, 4) is 6.07 Å². The van der Waals surface area contributed by atoms with Crippen molar-refractivity contribution in [2.24, 2.45) is 0 Å². The Labute approximate surface area is 102 Å². The van der Waals surface area contributed by atoms with E-state index < -0.39 is 0 Å². The number of hydrogen-bond donors (Lipinski definition) is 0. The summed E-state index contributed by atoms with van der Waals surface area (Å²) < 4.78 is 0. The summed E-state index contributed by atoms with van der Waals surface area (Å²) in [5.41, 5.74) is 1.18. The number of hydrogen-bond acceptors (Lipinski definition) is 3. The van der Waals surface area contributed by atoms with Gasteiger partial charge >= 0.3 is 0 Å². The second kappa shape index (κ2) is 8.09.